The number of halogens is 1. The minimum Gasteiger partial charge on any atom is -0.305 e. The van der Waals surface area contributed by atoms with Crippen LogP contribution in [0.3, 0.4) is 0 Å². The van der Waals surface area contributed by atoms with Gasteiger partial charge in [0.1, 0.15) is 0 Å². The van der Waals surface area contributed by atoms with Crippen molar-refractivity contribution in [2.75, 3.05) is 0 Å². The molecular formula is C17H24BrN3. The Hall–Kier alpha value is -1.13. The highest BCUT2D eigenvalue weighted by Crippen LogP contribution is 2.24. The maximum atomic E-state index is 4.64. The first-order chi connectivity index (χ1) is 10.1. The lowest BCUT2D eigenvalue weighted by atomic mass is 10.0. The van der Waals surface area contributed by atoms with Gasteiger partial charge in [-0.2, -0.15) is 5.10 Å². The molecule has 1 aromatic carbocycles. The third kappa shape index (κ3) is 3.55. The van der Waals surface area contributed by atoms with Gasteiger partial charge in [0.25, 0.3) is 0 Å². The molecule has 4 heteroatoms. The van der Waals surface area contributed by atoms with Gasteiger partial charge >= 0.3 is 0 Å². The number of rotatable bonds is 6. The highest BCUT2D eigenvalue weighted by atomic mass is 79.9. The van der Waals surface area contributed by atoms with Gasteiger partial charge < -0.3 is 5.32 Å². The van der Waals surface area contributed by atoms with Gasteiger partial charge in [-0.15, -0.1) is 0 Å². The van der Waals surface area contributed by atoms with Crippen molar-refractivity contribution in [1.82, 2.24) is 15.1 Å². The summed E-state index contributed by atoms with van der Waals surface area (Å²) in [5, 5.41) is 8.26. The highest BCUT2D eigenvalue weighted by Gasteiger charge is 2.15. The second kappa shape index (κ2) is 7.23. The van der Waals surface area contributed by atoms with Crippen LogP contribution in [0.1, 0.15) is 49.3 Å². The predicted molar refractivity (Wildman–Crippen MR) is 91.4 cm³/mol. The summed E-state index contributed by atoms with van der Waals surface area (Å²) in [5.41, 5.74) is 5.05. The Kier molecular flexibility index (Phi) is 5.59. The molecule has 1 atom stereocenters. The third-order valence-corrected chi connectivity index (χ3v) is 4.84. The van der Waals surface area contributed by atoms with E-state index in [2.05, 4.69) is 83.0 Å². The summed E-state index contributed by atoms with van der Waals surface area (Å²) in [6.45, 7) is 10.4. The maximum Gasteiger partial charge on any atom is 0.0767 e. The maximum absolute atomic E-state index is 4.64. The van der Waals surface area contributed by atoms with Crippen LogP contribution >= 0.6 is 15.9 Å². The van der Waals surface area contributed by atoms with Gasteiger partial charge in [-0.3, -0.25) is 4.68 Å². The topological polar surface area (TPSA) is 29.9 Å². The Balaban J connectivity index is 2.13. The number of benzene rings is 1. The van der Waals surface area contributed by atoms with E-state index in [4.69, 9.17) is 0 Å². The molecule has 0 aliphatic heterocycles. The fourth-order valence-electron chi connectivity index (χ4n) is 2.62. The van der Waals surface area contributed by atoms with Crippen LogP contribution in [0, 0.1) is 6.92 Å². The van der Waals surface area contributed by atoms with E-state index in [1.165, 1.54) is 16.8 Å². The van der Waals surface area contributed by atoms with E-state index < -0.39 is 0 Å². The standard InChI is InChI=1S/C17H24BrN3/c1-5-15-17(18)16(21(6-2)20-15)11-19-13(4)14-10-8-7-9-12(14)3/h7-10,13,19H,5-6,11H2,1-4H3/t13-/m1/s1. The lowest BCUT2D eigenvalue weighted by molar-refractivity contribution is 0.528. The quantitative estimate of drug-likeness (QED) is 0.838. The number of hydrogen-bond acceptors (Lipinski definition) is 2. The zero-order valence-electron chi connectivity index (χ0n) is 13.3. The minimum atomic E-state index is 0.323. The normalized spacial score (nSPS) is 12.6. The van der Waals surface area contributed by atoms with Crippen molar-refractivity contribution in [3.05, 3.63) is 51.3 Å². The van der Waals surface area contributed by atoms with E-state index in [1.807, 2.05) is 0 Å². The van der Waals surface area contributed by atoms with Crippen molar-refractivity contribution in [2.45, 2.75) is 53.2 Å². The molecule has 3 nitrogen and oxygen atoms in total. The Morgan fingerprint density at radius 2 is 2.00 bits per heavy atom. The van der Waals surface area contributed by atoms with Gasteiger partial charge in [-0.1, -0.05) is 31.2 Å². The van der Waals surface area contributed by atoms with Crippen molar-refractivity contribution in [3.8, 4) is 0 Å². The first kappa shape index (κ1) is 16.2. The first-order valence-electron chi connectivity index (χ1n) is 7.61. The van der Waals surface area contributed by atoms with Crippen LogP contribution in [-0.2, 0) is 19.5 Å². The van der Waals surface area contributed by atoms with E-state index in [-0.39, 0.29) is 0 Å². The number of nitrogens with zero attached hydrogens (tertiary/aromatic N) is 2. The summed E-state index contributed by atoms with van der Waals surface area (Å²) < 4.78 is 3.23. The van der Waals surface area contributed by atoms with Crippen LogP contribution in [0.2, 0.25) is 0 Å². The minimum absolute atomic E-state index is 0.323. The molecular weight excluding hydrogens is 326 g/mol. The second-order valence-electron chi connectivity index (χ2n) is 5.34. The second-order valence-corrected chi connectivity index (χ2v) is 6.13. The van der Waals surface area contributed by atoms with Crippen LogP contribution in [0.25, 0.3) is 0 Å². The monoisotopic (exact) mass is 349 g/mol. The molecule has 0 saturated carbocycles. The molecule has 0 unspecified atom stereocenters. The molecule has 114 valence electrons. The van der Waals surface area contributed by atoms with Crippen LogP contribution in [0.5, 0.6) is 0 Å². The van der Waals surface area contributed by atoms with Gasteiger partial charge in [0.15, 0.2) is 0 Å². The summed E-state index contributed by atoms with van der Waals surface area (Å²) in [5.74, 6) is 0. The molecule has 0 spiro atoms. The van der Waals surface area contributed by atoms with Gasteiger partial charge in [-0.05, 0) is 54.2 Å². The largest absolute Gasteiger partial charge is 0.305 e. The van der Waals surface area contributed by atoms with Crippen molar-refractivity contribution in [2.24, 2.45) is 0 Å². The molecule has 0 saturated heterocycles. The summed E-state index contributed by atoms with van der Waals surface area (Å²) >= 11 is 3.70. The van der Waals surface area contributed by atoms with Crippen LogP contribution in [0.15, 0.2) is 28.7 Å². The molecule has 21 heavy (non-hydrogen) atoms. The van der Waals surface area contributed by atoms with Crippen LogP contribution in [0.4, 0.5) is 0 Å². The molecule has 0 fully saturated rings. The molecule has 2 rings (SSSR count). The SMILES string of the molecule is CCc1nn(CC)c(CN[C@H](C)c2ccccc2C)c1Br. The highest BCUT2D eigenvalue weighted by molar-refractivity contribution is 9.10. The molecule has 1 N–H and O–H groups in total. The van der Waals surface area contributed by atoms with Crippen molar-refractivity contribution in [1.29, 1.82) is 0 Å². The Bertz CT molecular complexity index is 604. The first-order valence-corrected chi connectivity index (χ1v) is 8.40. The number of nitrogens with one attached hydrogen (secondary N) is 1. The molecule has 0 aliphatic rings. The molecule has 0 aliphatic carbocycles. The van der Waals surface area contributed by atoms with Crippen molar-refractivity contribution in [3.63, 3.8) is 0 Å². The average molecular weight is 350 g/mol. The number of aryl methyl sites for hydroxylation is 3. The molecule has 0 bridgehead atoms. The van der Waals surface area contributed by atoms with E-state index >= 15 is 0 Å². The summed E-state index contributed by atoms with van der Waals surface area (Å²) in [4.78, 5) is 0. The predicted octanol–water partition coefficient (Wildman–Crippen LogP) is 4.39. The zero-order valence-corrected chi connectivity index (χ0v) is 14.9. The van der Waals surface area contributed by atoms with E-state index in [0.717, 1.165) is 29.7 Å². The molecule has 1 heterocycles. The van der Waals surface area contributed by atoms with E-state index in [0.29, 0.717) is 6.04 Å². The van der Waals surface area contributed by atoms with Gasteiger partial charge in [0, 0.05) is 19.1 Å². The van der Waals surface area contributed by atoms with Gasteiger partial charge in [-0.25, -0.2) is 0 Å². The molecule has 0 radical (unpaired) electrons. The fraction of sp³-hybridized carbons (Fsp3) is 0.471. The molecule has 1 aromatic heterocycles. The van der Waals surface area contributed by atoms with Crippen LogP contribution < -0.4 is 5.32 Å². The fourth-order valence-corrected chi connectivity index (χ4v) is 3.32. The average Bonchev–Trinajstić information content (AvgIpc) is 2.80. The Labute approximate surface area is 135 Å². The summed E-state index contributed by atoms with van der Waals surface area (Å²) in [6.07, 6.45) is 0.952. The summed E-state index contributed by atoms with van der Waals surface area (Å²) in [7, 11) is 0. The third-order valence-electron chi connectivity index (χ3n) is 3.92. The van der Waals surface area contributed by atoms with Gasteiger partial charge in [0.2, 0.25) is 0 Å². The molecule has 2 aromatic rings. The number of aromatic nitrogens is 2. The summed E-state index contributed by atoms with van der Waals surface area (Å²) in [6, 6.07) is 8.86. The van der Waals surface area contributed by atoms with Crippen molar-refractivity contribution >= 4 is 15.9 Å². The van der Waals surface area contributed by atoms with Gasteiger partial charge in [0.05, 0.1) is 15.9 Å². The lowest BCUT2D eigenvalue weighted by Crippen LogP contribution is -2.21. The number of hydrogen-bond donors (Lipinski definition) is 1. The zero-order chi connectivity index (χ0) is 15.4. The Morgan fingerprint density at radius 3 is 2.62 bits per heavy atom. The van der Waals surface area contributed by atoms with Crippen LogP contribution in [-0.4, -0.2) is 9.78 Å². The van der Waals surface area contributed by atoms with E-state index in [9.17, 15) is 0 Å². The Morgan fingerprint density at radius 1 is 1.29 bits per heavy atom. The van der Waals surface area contributed by atoms with Crippen molar-refractivity contribution < 1.29 is 0 Å². The smallest absolute Gasteiger partial charge is 0.0767 e. The lowest BCUT2D eigenvalue weighted by Gasteiger charge is -2.17. The molecule has 0 amide bonds. The van der Waals surface area contributed by atoms with E-state index in [1.54, 1.807) is 0 Å².